The van der Waals surface area contributed by atoms with Crippen molar-refractivity contribution in [2.24, 2.45) is 5.92 Å². The zero-order valence-electron chi connectivity index (χ0n) is 13.0. The van der Waals surface area contributed by atoms with Crippen LogP contribution in [0.4, 0.5) is 0 Å². The molecule has 1 aliphatic rings. The summed E-state index contributed by atoms with van der Waals surface area (Å²) in [5.74, 6) is 1.38. The summed E-state index contributed by atoms with van der Waals surface area (Å²) in [6.45, 7) is 6.82. The van der Waals surface area contributed by atoms with Crippen molar-refractivity contribution in [2.75, 3.05) is 26.3 Å². The lowest BCUT2D eigenvalue weighted by Crippen LogP contribution is -2.36. The summed E-state index contributed by atoms with van der Waals surface area (Å²) in [5.41, 5.74) is 1.16. The zero-order valence-corrected chi connectivity index (χ0v) is 13.0. The van der Waals surface area contributed by atoms with Gasteiger partial charge in [-0.25, -0.2) is 0 Å². The van der Waals surface area contributed by atoms with Crippen LogP contribution in [0.2, 0.25) is 0 Å². The highest BCUT2D eigenvalue weighted by molar-refractivity contribution is 5.27. The first-order valence-electron chi connectivity index (χ1n) is 7.89. The Balaban J connectivity index is 1.62. The predicted octanol–water partition coefficient (Wildman–Crippen LogP) is 2.14. The van der Waals surface area contributed by atoms with E-state index in [-0.39, 0.29) is 0 Å². The smallest absolute Gasteiger partial charge is 0.119 e. The number of ether oxygens (including phenoxy) is 2. The zero-order chi connectivity index (χ0) is 15.1. The van der Waals surface area contributed by atoms with Crippen molar-refractivity contribution in [1.82, 2.24) is 5.32 Å². The average molecular weight is 293 g/mol. The van der Waals surface area contributed by atoms with Gasteiger partial charge in [0.25, 0.3) is 0 Å². The molecule has 3 unspecified atom stereocenters. The number of nitrogens with one attached hydrogen (secondary N) is 1. The summed E-state index contributed by atoms with van der Waals surface area (Å²) < 4.78 is 11.3. The highest BCUT2D eigenvalue weighted by Gasteiger charge is 2.26. The van der Waals surface area contributed by atoms with E-state index in [0.717, 1.165) is 37.3 Å². The van der Waals surface area contributed by atoms with Crippen LogP contribution in [0.1, 0.15) is 25.3 Å². The van der Waals surface area contributed by atoms with Crippen LogP contribution in [-0.2, 0) is 4.74 Å². The third-order valence-corrected chi connectivity index (χ3v) is 3.97. The molecular weight excluding hydrogens is 266 g/mol. The Hall–Kier alpha value is -1.10. The monoisotopic (exact) mass is 293 g/mol. The summed E-state index contributed by atoms with van der Waals surface area (Å²) in [5, 5.41) is 13.3. The molecule has 0 aliphatic carbocycles. The minimum absolute atomic E-state index is 0.314. The van der Waals surface area contributed by atoms with E-state index in [9.17, 15) is 5.11 Å². The summed E-state index contributed by atoms with van der Waals surface area (Å²) >= 11 is 0. The molecule has 1 aliphatic heterocycles. The van der Waals surface area contributed by atoms with Gasteiger partial charge in [-0.2, -0.15) is 0 Å². The molecule has 21 heavy (non-hydrogen) atoms. The first-order valence-corrected chi connectivity index (χ1v) is 7.89. The first kappa shape index (κ1) is 16.3. The van der Waals surface area contributed by atoms with Crippen LogP contribution in [0, 0.1) is 12.8 Å². The van der Waals surface area contributed by atoms with Gasteiger partial charge in [-0.05, 0) is 43.4 Å². The molecule has 0 radical (unpaired) electrons. The fourth-order valence-electron chi connectivity index (χ4n) is 2.77. The molecule has 0 amide bonds. The second-order valence-corrected chi connectivity index (χ2v) is 5.81. The molecule has 3 atom stereocenters. The second kappa shape index (κ2) is 8.37. The minimum atomic E-state index is -0.493. The third kappa shape index (κ3) is 5.30. The van der Waals surface area contributed by atoms with E-state index in [1.807, 2.05) is 31.2 Å². The van der Waals surface area contributed by atoms with E-state index in [0.29, 0.717) is 25.2 Å². The van der Waals surface area contributed by atoms with Gasteiger partial charge >= 0.3 is 0 Å². The first-order chi connectivity index (χ1) is 10.2. The van der Waals surface area contributed by atoms with E-state index in [1.54, 1.807) is 0 Å². The fourth-order valence-corrected chi connectivity index (χ4v) is 2.77. The highest BCUT2D eigenvalue weighted by Crippen LogP contribution is 2.22. The van der Waals surface area contributed by atoms with Crippen LogP contribution >= 0.6 is 0 Å². The maximum absolute atomic E-state index is 9.96. The van der Waals surface area contributed by atoms with Crippen LogP contribution in [0.15, 0.2) is 24.3 Å². The number of rotatable bonds is 8. The van der Waals surface area contributed by atoms with Crippen LogP contribution in [0.5, 0.6) is 5.75 Å². The third-order valence-electron chi connectivity index (χ3n) is 3.97. The maximum Gasteiger partial charge on any atom is 0.119 e. The lowest BCUT2D eigenvalue weighted by molar-refractivity contribution is 0.0823. The van der Waals surface area contributed by atoms with E-state index >= 15 is 0 Å². The van der Waals surface area contributed by atoms with Gasteiger partial charge in [-0.1, -0.05) is 19.1 Å². The topological polar surface area (TPSA) is 50.7 Å². The molecule has 0 saturated carbocycles. The molecule has 4 heteroatoms. The summed E-state index contributed by atoms with van der Waals surface area (Å²) in [6.07, 6.45) is 2.05. The standard InChI is InChI=1S/C17H27NO3/c1-3-17-14(7-8-20-17)10-18-11-15(19)12-21-16-6-4-5-13(2)9-16/h4-6,9,14-15,17-19H,3,7-8,10-12H2,1-2H3. The Kier molecular flexibility index (Phi) is 6.49. The number of benzene rings is 1. The normalized spacial score (nSPS) is 23.2. The van der Waals surface area contributed by atoms with Gasteiger partial charge in [0.05, 0.1) is 6.10 Å². The van der Waals surface area contributed by atoms with E-state index in [1.165, 1.54) is 0 Å². The number of hydrogen-bond acceptors (Lipinski definition) is 4. The van der Waals surface area contributed by atoms with Gasteiger partial charge in [0.1, 0.15) is 18.5 Å². The molecule has 1 aromatic rings. The molecule has 0 bridgehead atoms. The predicted molar refractivity (Wildman–Crippen MR) is 83.7 cm³/mol. The van der Waals surface area contributed by atoms with Crippen LogP contribution in [0.3, 0.4) is 0 Å². The Labute approximate surface area is 127 Å². The van der Waals surface area contributed by atoms with E-state index < -0.39 is 6.10 Å². The molecule has 4 nitrogen and oxygen atoms in total. The Morgan fingerprint density at radius 1 is 1.48 bits per heavy atom. The number of aryl methyl sites for hydroxylation is 1. The molecular formula is C17H27NO3. The molecule has 1 heterocycles. The number of aliphatic hydroxyl groups excluding tert-OH is 1. The van der Waals surface area contributed by atoms with Crippen molar-refractivity contribution in [3.05, 3.63) is 29.8 Å². The van der Waals surface area contributed by atoms with Crippen molar-refractivity contribution < 1.29 is 14.6 Å². The van der Waals surface area contributed by atoms with Gasteiger partial charge in [0.15, 0.2) is 0 Å². The molecule has 2 N–H and O–H groups in total. The van der Waals surface area contributed by atoms with E-state index in [4.69, 9.17) is 9.47 Å². The lowest BCUT2D eigenvalue weighted by atomic mass is 10.00. The molecule has 1 fully saturated rings. The highest BCUT2D eigenvalue weighted by atomic mass is 16.5. The van der Waals surface area contributed by atoms with Crippen LogP contribution in [0.25, 0.3) is 0 Å². The molecule has 118 valence electrons. The Bertz CT molecular complexity index is 424. The van der Waals surface area contributed by atoms with Gasteiger partial charge in [0.2, 0.25) is 0 Å². The molecule has 2 rings (SSSR count). The second-order valence-electron chi connectivity index (χ2n) is 5.81. The van der Waals surface area contributed by atoms with Gasteiger partial charge < -0.3 is 19.9 Å². The van der Waals surface area contributed by atoms with Gasteiger partial charge in [0, 0.05) is 19.7 Å². The number of hydrogen-bond donors (Lipinski definition) is 2. The Morgan fingerprint density at radius 2 is 2.33 bits per heavy atom. The largest absolute Gasteiger partial charge is 0.491 e. The molecule has 1 saturated heterocycles. The summed E-state index contributed by atoms with van der Waals surface area (Å²) in [4.78, 5) is 0. The van der Waals surface area contributed by atoms with Crippen molar-refractivity contribution in [1.29, 1.82) is 0 Å². The molecule has 0 aromatic heterocycles. The quantitative estimate of drug-likeness (QED) is 0.771. The van der Waals surface area contributed by atoms with Gasteiger partial charge in [-0.15, -0.1) is 0 Å². The summed E-state index contributed by atoms with van der Waals surface area (Å²) in [6, 6.07) is 7.87. The SMILES string of the molecule is CCC1OCCC1CNCC(O)COc1cccc(C)c1. The van der Waals surface area contributed by atoms with Crippen molar-refractivity contribution in [3.8, 4) is 5.75 Å². The maximum atomic E-state index is 9.96. The lowest BCUT2D eigenvalue weighted by Gasteiger charge is -2.19. The average Bonchev–Trinajstić information content (AvgIpc) is 2.93. The van der Waals surface area contributed by atoms with Crippen LogP contribution < -0.4 is 10.1 Å². The van der Waals surface area contributed by atoms with Crippen molar-refractivity contribution in [2.45, 2.75) is 38.9 Å². The molecule has 0 spiro atoms. The van der Waals surface area contributed by atoms with Gasteiger partial charge in [-0.3, -0.25) is 0 Å². The van der Waals surface area contributed by atoms with Crippen molar-refractivity contribution in [3.63, 3.8) is 0 Å². The van der Waals surface area contributed by atoms with E-state index in [2.05, 4.69) is 12.2 Å². The van der Waals surface area contributed by atoms with Crippen LogP contribution in [-0.4, -0.2) is 43.6 Å². The number of aliphatic hydroxyl groups is 1. The fraction of sp³-hybridized carbons (Fsp3) is 0.647. The minimum Gasteiger partial charge on any atom is -0.491 e. The van der Waals surface area contributed by atoms with Crippen molar-refractivity contribution >= 4 is 0 Å². The molecule has 1 aromatic carbocycles. The summed E-state index contributed by atoms with van der Waals surface area (Å²) in [7, 11) is 0. The Morgan fingerprint density at radius 3 is 3.10 bits per heavy atom.